The van der Waals surface area contributed by atoms with Gasteiger partial charge in [-0.05, 0) is 67.9 Å². The van der Waals surface area contributed by atoms with E-state index in [4.69, 9.17) is 0 Å². The molecule has 0 bridgehead atoms. The van der Waals surface area contributed by atoms with Crippen molar-refractivity contribution in [1.29, 1.82) is 0 Å². The fraction of sp³-hybridized carbons (Fsp3) is 0.419. The number of nitrogens with one attached hydrogen (secondary N) is 1. The monoisotopic (exact) mass is 544 g/mol. The first kappa shape index (κ1) is 27.1. The number of amides is 3. The first-order valence-electron chi connectivity index (χ1n) is 13.7. The summed E-state index contributed by atoms with van der Waals surface area (Å²) in [6, 6.07) is 12.5. The van der Waals surface area contributed by atoms with Crippen LogP contribution in [-0.4, -0.2) is 51.1 Å². The number of carbonyl (C=O) groups excluding carboxylic acids is 3. The summed E-state index contributed by atoms with van der Waals surface area (Å²) in [5, 5.41) is 3.17. The minimum Gasteiger partial charge on any atom is -0.348 e. The first-order chi connectivity index (χ1) is 18.7. The van der Waals surface area contributed by atoms with Gasteiger partial charge in [0.05, 0.1) is 22.1 Å². The standard InChI is InChI=1S/C31H36N4O3S/c1-18(2)27(35-16-23-9-6-7-10-25(23)30(35)37)31(38)34-14-8-11-26(34)29(36)33-20(4)24-13-12-22(15-19(24)3)28-21(5)32-17-39-28/h6-7,9-10,12-13,15,17-18,20,26-27H,8,11,14,16H2,1-5H3,(H,33,36). The van der Waals surface area contributed by atoms with Crippen LogP contribution in [0.3, 0.4) is 0 Å². The summed E-state index contributed by atoms with van der Waals surface area (Å²) in [4.78, 5) is 49.5. The van der Waals surface area contributed by atoms with Crippen molar-refractivity contribution in [2.75, 3.05) is 6.54 Å². The van der Waals surface area contributed by atoms with E-state index in [0.29, 0.717) is 25.1 Å². The highest BCUT2D eigenvalue weighted by molar-refractivity contribution is 7.13. The molecule has 0 spiro atoms. The molecule has 39 heavy (non-hydrogen) atoms. The highest BCUT2D eigenvalue weighted by atomic mass is 32.1. The Morgan fingerprint density at radius 1 is 1.10 bits per heavy atom. The average Bonchev–Trinajstić information content (AvgIpc) is 3.63. The van der Waals surface area contributed by atoms with Gasteiger partial charge >= 0.3 is 0 Å². The van der Waals surface area contributed by atoms with Crippen molar-refractivity contribution >= 4 is 29.1 Å². The van der Waals surface area contributed by atoms with Crippen LogP contribution in [0.1, 0.15) is 72.4 Å². The van der Waals surface area contributed by atoms with Gasteiger partial charge in [0.2, 0.25) is 11.8 Å². The molecule has 3 amide bonds. The molecule has 0 saturated carbocycles. The van der Waals surface area contributed by atoms with E-state index in [1.807, 2.05) is 57.5 Å². The van der Waals surface area contributed by atoms with Crippen LogP contribution in [0.2, 0.25) is 0 Å². The third-order valence-electron chi connectivity index (χ3n) is 8.01. The van der Waals surface area contributed by atoms with Crippen LogP contribution < -0.4 is 5.32 Å². The highest BCUT2D eigenvalue weighted by Gasteiger charge is 2.43. The van der Waals surface area contributed by atoms with E-state index in [1.54, 1.807) is 21.1 Å². The molecule has 2 aliphatic rings. The van der Waals surface area contributed by atoms with Crippen LogP contribution in [0, 0.1) is 19.8 Å². The van der Waals surface area contributed by atoms with Crippen molar-refractivity contribution in [2.24, 2.45) is 5.92 Å². The van der Waals surface area contributed by atoms with Gasteiger partial charge in [-0.1, -0.05) is 50.2 Å². The van der Waals surface area contributed by atoms with Gasteiger partial charge in [-0.25, -0.2) is 4.98 Å². The second-order valence-electron chi connectivity index (χ2n) is 11.0. The molecule has 204 valence electrons. The van der Waals surface area contributed by atoms with Crippen molar-refractivity contribution < 1.29 is 14.4 Å². The van der Waals surface area contributed by atoms with Gasteiger partial charge in [-0.3, -0.25) is 14.4 Å². The van der Waals surface area contributed by atoms with Crippen LogP contribution in [0.4, 0.5) is 0 Å². The molecular weight excluding hydrogens is 508 g/mol. The lowest BCUT2D eigenvalue weighted by Crippen LogP contribution is -2.55. The Bertz CT molecular complexity index is 1410. The SMILES string of the molecule is Cc1cc(-c2scnc2C)ccc1C(C)NC(=O)C1CCCN1C(=O)C(C(C)C)N1Cc2ccccc2C1=O. The molecule has 3 heterocycles. The summed E-state index contributed by atoms with van der Waals surface area (Å²) in [6.45, 7) is 10.9. The normalized spacial score (nSPS) is 18.4. The zero-order chi connectivity index (χ0) is 27.8. The van der Waals surface area contributed by atoms with Gasteiger partial charge < -0.3 is 15.1 Å². The van der Waals surface area contributed by atoms with E-state index in [1.165, 1.54) is 0 Å². The molecule has 2 aromatic carbocycles. The number of aromatic nitrogens is 1. The van der Waals surface area contributed by atoms with Crippen LogP contribution in [0.5, 0.6) is 0 Å². The van der Waals surface area contributed by atoms with Gasteiger partial charge in [0.25, 0.3) is 5.91 Å². The van der Waals surface area contributed by atoms with Crippen LogP contribution in [0.25, 0.3) is 10.4 Å². The van der Waals surface area contributed by atoms with Crippen molar-refractivity contribution in [3.63, 3.8) is 0 Å². The fourth-order valence-electron chi connectivity index (χ4n) is 6.02. The maximum atomic E-state index is 13.9. The van der Waals surface area contributed by atoms with Crippen LogP contribution in [-0.2, 0) is 16.1 Å². The van der Waals surface area contributed by atoms with E-state index in [2.05, 4.69) is 35.4 Å². The second-order valence-corrected chi connectivity index (χ2v) is 11.9. The summed E-state index contributed by atoms with van der Waals surface area (Å²) < 4.78 is 0. The molecule has 3 aromatic rings. The number of hydrogen-bond acceptors (Lipinski definition) is 5. The Morgan fingerprint density at radius 2 is 1.87 bits per heavy atom. The highest BCUT2D eigenvalue weighted by Crippen LogP contribution is 2.32. The number of benzene rings is 2. The molecule has 1 fully saturated rings. The van der Waals surface area contributed by atoms with Crippen LogP contribution >= 0.6 is 11.3 Å². The van der Waals surface area contributed by atoms with Crippen molar-refractivity contribution in [3.05, 3.63) is 75.9 Å². The van der Waals surface area contributed by atoms with Gasteiger partial charge in [-0.2, -0.15) is 0 Å². The van der Waals surface area contributed by atoms with Gasteiger partial charge in [0.15, 0.2) is 0 Å². The molecule has 1 aromatic heterocycles. The maximum Gasteiger partial charge on any atom is 0.255 e. The summed E-state index contributed by atoms with van der Waals surface area (Å²) in [7, 11) is 0. The number of hydrogen-bond donors (Lipinski definition) is 1. The molecule has 1 N–H and O–H groups in total. The molecule has 3 unspecified atom stereocenters. The van der Waals surface area contributed by atoms with E-state index < -0.39 is 12.1 Å². The third kappa shape index (κ3) is 5.10. The maximum absolute atomic E-state index is 13.9. The fourth-order valence-corrected chi connectivity index (χ4v) is 6.82. The minimum absolute atomic E-state index is 0.0812. The smallest absolute Gasteiger partial charge is 0.255 e. The molecule has 5 rings (SSSR count). The number of fused-ring (bicyclic) bond motifs is 1. The lowest BCUT2D eigenvalue weighted by Gasteiger charge is -2.35. The number of aryl methyl sites for hydroxylation is 2. The number of likely N-dealkylation sites (tertiary alicyclic amines) is 1. The van der Waals surface area contributed by atoms with Crippen LogP contribution in [0.15, 0.2) is 48.0 Å². The molecule has 1 saturated heterocycles. The molecule has 0 radical (unpaired) electrons. The quantitative estimate of drug-likeness (QED) is 0.439. The zero-order valence-electron chi connectivity index (χ0n) is 23.2. The summed E-state index contributed by atoms with van der Waals surface area (Å²) in [5.41, 5.74) is 7.74. The number of carbonyl (C=O) groups is 3. The minimum atomic E-state index is -0.610. The average molecular weight is 545 g/mol. The summed E-state index contributed by atoms with van der Waals surface area (Å²) in [6.07, 6.45) is 1.38. The molecular formula is C31H36N4O3S. The van der Waals surface area contributed by atoms with Gasteiger partial charge in [-0.15, -0.1) is 11.3 Å². The Balaban J connectivity index is 1.30. The predicted molar refractivity (Wildman–Crippen MR) is 153 cm³/mol. The lowest BCUT2D eigenvalue weighted by atomic mass is 9.98. The second kappa shape index (κ2) is 10.9. The number of nitrogens with zero attached hydrogens (tertiary/aromatic N) is 3. The largest absolute Gasteiger partial charge is 0.348 e. The molecule has 2 aliphatic heterocycles. The van der Waals surface area contributed by atoms with E-state index >= 15 is 0 Å². The summed E-state index contributed by atoms with van der Waals surface area (Å²) >= 11 is 1.62. The summed E-state index contributed by atoms with van der Waals surface area (Å²) in [5.74, 6) is -0.480. The van der Waals surface area contributed by atoms with Gasteiger partial charge in [0, 0.05) is 18.7 Å². The van der Waals surface area contributed by atoms with Crippen molar-refractivity contribution in [1.82, 2.24) is 20.1 Å². The Hall–Kier alpha value is -3.52. The number of rotatable bonds is 7. The number of thiazole rings is 1. The Labute approximate surface area is 234 Å². The Kier molecular flexibility index (Phi) is 7.58. The molecule has 3 atom stereocenters. The molecule has 7 nitrogen and oxygen atoms in total. The third-order valence-corrected chi connectivity index (χ3v) is 8.99. The molecule has 8 heteroatoms. The predicted octanol–water partition coefficient (Wildman–Crippen LogP) is 5.28. The Morgan fingerprint density at radius 3 is 2.54 bits per heavy atom. The van der Waals surface area contributed by atoms with Gasteiger partial charge in [0.1, 0.15) is 12.1 Å². The molecule has 0 aliphatic carbocycles. The topological polar surface area (TPSA) is 82.6 Å². The van der Waals surface area contributed by atoms with E-state index in [-0.39, 0.29) is 29.7 Å². The van der Waals surface area contributed by atoms with E-state index in [9.17, 15) is 14.4 Å². The van der Waals surface area contributed by atoms with Crippen molar-refractivity contribution in [2.45, 2.75) is 72.1 Å². The van der Waals surface area contributed by atoms with E-state index in [0.717, 1.165) is 39.2 Å². The lowest BCUT2D eigenvalue weighted by molar-refractivity contribution is -0.143. The first-order valence-corrected chi connectivity index (χ1v) is 14.6. The zero-order valence-corrected chi connectivity index (χ0v) is 24.0. The van der Waals surface area contributed by atoms with Crippen molar-refractivity contribution in [3.8, 4) is 10.4 Å².